The van der Waals surface area contributed by atoms with E-state index in [0.717, 1.165) is 5.57 Å². The Morgan fingerprint density at radius 1 is 0.934 bits per heavy atom. The van der Waals surface area contributed by atoms with Crippen molar-refractivity contribution in [3.8, 4) is 0 Å². The molecular formula is C46H70ClN5O9. The van der Waals surface area contributed by atoms with Crippen LogP contribution in [-0.2, 0) is 49.5 Å². The van der Waals surface area contributed by atoms with Crippen LogP contribution in [0.5, 0.6) is 0 Å². The zero-order chi connectivity index (χ0) is 46.5. The lowest BCUT2D eigenvalue weighted by Crippen LogP contribution is -2.60. The van der Waals surface area contributed by atoms with Gasteiger partial charge in [-0.1, -0.05) is 83.8 Å². The average Bonchev–Trinajstić information content (AvgIpc) is 3.20. The molecule has 0 aromatic heterocycles. The number of likely N-dealkylation sites (N-methyl/N-ethyl adjacent to an activating group) is 2. The van der Waals surface area contributed by atoms with E-state index in [1.807, 2.05) is 54.5 Å². The lowest BCUT2D eigenvalue weighted by Gasteiger charge is -2.34. The summed E-state index contributed by atoms with van der Waals surface area (Å²) in [7, 11) is 2.85. The molecule has 0 saturated heterocycles. The molecule has 61 heavy (non-hydrogen) atoms. The summed E-state index contributed by atoms with van der Waals surface area (Å²) < 4.78 is 11.9. The number of cyclic esters (lactones) is 2. The van der Waals surface area contributed by atoms with Crippen molar-refractivity contribution in [3.05, 3.63) is 58.1 Å². The van der Waals surface area contributed by atoms with Crippen molar-refractivity contribution < 1.29 is 43.0 Å². The van der Waals surface area contributed by atoms with Crippen molar-refractivity contribution in [3.63, 3.8) is 0 Å². The predicted molar refractivity (Wildman–Crippen MR) is 236 cm³/mol. The van der Waals surface area contributed by atoms with Crippen molar-refractivity contribution in [2.45, 2.75) is 145 Å². The molecule has 8 atom stereocenters. The Morgan fingerprint density at radius 2 is 1.54 bits per heavy atom. The third-order valence-electron chi connectivity index (χ3n) is 11.5. The molecule has 0 bridgehead atoms. The molecule has 1 heterocycles. The van der Waals surface area contributed by atoms with Gasteiger partial charge in [-0.15, -0.1) is 0 Å². The fraction of sp³-hybridized carbons (Fsp3) is 0.630. The number of ether oxygens (including phenoxy) is 2. The first-order chi connectivity index (χ1) is 28.3. The van der Waals surface area contributed by atoms with Gasteiger partial charge in [-0.05, 0) is 101 Å². The summed E-state index contributed by atoms with van der Waals surface area (Å²) in [6.45, 7) is 20.7. The standard InChI is InChI=1S/C46H70ClN5O9/c1-15-27(5)38-41(55)50-46(11,12)45(59)61-39(28(6)16-2)31(9)29(7)17-18-30(8)44(58)60-36(23-26(3)4)40(54)48-32(10)42(56)52(14)35(24-33-19-21-34(47)22-20-33)43(57)51(13)25-37(53)49-38/h16,18-22,26-27,29,31-32,35-36,38-39H,15,17,23-25H2,1-14H3,(H,48,54)(H,49,53)(H,50,55)/b28-16+,30-18+/t27-,29-,31-,32-,35+,36+,38?,39+/m0/s1. The fourth-order valence-electron chi connectivity index (χ4n) is 6.83. The van der Waals surface area contributed by atoms with Crippen LogP contribution in [0.25, 0.3) is 0 Å². The molecule has 340 valence electrons. The van der Waals surface area contributed by atoms with Gasteiger partial charge in [0, 0.05) is 31.1 Å². The van der Waals surface area contributed by atoms with E-state index in [2.05, 4.69) is 16.0 Å². The number of rotatable bonds is 7. The number of benzene rings is 1. The zero-order valence-corrected chi connectivity index (χ0v) is 39.4. The van der Waals surface area contributed by atoms with Gasteiger partial charge < -0.3 is 35.2 Å². The molecule has 0 spiro atoms. The number of hydrogen-bond donors (Lipinski definition) is 3. The topological polar surface area (TPSA) is 181 Å². The Kier molecular flexibility index (Phi) is 20.2. The Morgan fingerprint density at radius 3 is 2.10 bits per heavy atom. The Labute approximate surface area is 367 Å². The van der Waals surface area contributed by atoms with Gasteiger partial charge in [0.05, 0.1) is 6.54 Å². The summed E-state index contributed by atoms with van der Waals surface area (Å²) in [5, 5.41) is 8.72. The highest BCUT2D eigenvalue weighted by Gasteiger charge is 2.40. The van der Waals surface area contributed by atoms with Crippen molar-refractivity contribution in [1.82, 2.24) is 25.8 Å². The third kappa shape index (κ3) is 15.3. The monoisotopic (exact) mass is 871 g/mol. The molecule has 14 nitrogen and oxygen atoms in total. The van der Waals surface area contributed by atoms with Crippen LogP contribution in [0, 0.1) is 23.7 Å². The molecule has 1 aliphatic heterocycles. The molecule has 0 fully saturated rings. The number of nitrogens with zero attached hydrogens (tertiary/aromatic N) is 2. The number of halogens is 1. The molecule has 1 aromatic rings. The first kappa shape index (κ1) is 52.4. The Balaban J connectivity index is 2.67. The highest BCUT2D eigenvalue weighted by molar-refractivity contribution is 6.30. The number of amides is 5. The minimum absolute atomic E-state index is 0.0406. The van der Waals surface area contributed by atoms with E-state index in [9.17, 15) is 33.6 Å². The molecule has 5 amide bonds. The van der Waals surface area contributed by atoms with Gasteiger partial charge in [-0.2, -0.15) is 0 Å². The summed E-state index contributed by atoms with van der Waals surface area (Å²) >= 11 is 6.13. The molecular weight excluding hydrogens is 802 g/mol. The van der Waals surface area contributed by atoms with E-state index in [1.54, 1.807) is 44.2 Å². The SMILES string of the molecule is C/C=C(\C)[C@H]1OC(=O)C(C)(C)NC(=O)C([C@@H](C)CC)NC(=O)CN(C)C(=O)[C@@H](Cc2ccc(Cl)cc2)N(C)C(=O)[C@H](C)NC(=O)[C@@H](CC(C)C)OC(=O)/C(C)=C/C[C@H](C)[C@@H]1C. The second-order valence-electron chi connectivity index (χ2n) is 17.6. The normalized spacial score (nSPS) is 27.9. The maximum absolute atomic E-state index is 14.2. The van der Waals surface area contributed by atoms with Crippen LogP contribution in [0.1, 0.15) is 108 Å². The molecule has 0 saturated carbocycles. The lowest BCUT2D eigenvalue weighted by molar-refractivity contribution is -0.159. The van der Waals surface area contributed by atoms with E-state index in [0.29, 0.717) is 23.4 Å². The Bertz CT molecular complexity index is 1790. The van der Waals surface area contributed by atoms with Gasteiger partial charge in [0.1, 0.15) is 29.8 Å². The lowest BCUT2D eigenvalue weighted by atomic mass is 9.84. The van der Waals surface area contributed by atoms with Crippen LogP contribution in [0.3, 0.4) is 0 Å². The molecule has 0 aliphatic carbocycles. The van der Waals surface area contributed by atoms with Crippen molar-refractivity contribution in [2.75, 3.05) is 20.6 Å². The summed E-state index contributed by atoms with van der Waals surface area (Å²) in [5.41, 5.74) is 0.238. The number of carbonyl (C=O) groups excluding carboxylic acids is 7. The molecule has 3 N–H and O–H groups in total. The second-order valence-corrected chi connectivity index (χ2v) is 18.0. The zero-order valence-electron chi connectivity index (χ0n) is 38.6. The van der Waals surface area contributed by atoms with E-state index in [4.69, 9.17) is 21.1 Å². The summed E-state index contributed by atoms with van der Waals surface area (Å²) in [6.07, 6.45) is 2.83. The Hall–Kier alpha value is -4.72. The maximum Gasteiger partial charge on any atom is 0.334 e. The number of esters is 2. The number of allylic oxidation sites excluding steroid dienone is 2. The summed E-state index contributed by atoms with van der Waals surface area (Å²) in [4.78, 5) is 99.2. The van der Waals surface area contributed by atoms with E-state index < -0.39 is 83.9 Å². The van der Waals surface area contributed by atoms with E-state index in [1.165, 1.54) is 44.7 Å². The van der Waals surface area contributed by atoms with E-state index in [-0.39, 0.29) is 42.1 Å². The second kappa shape index (κ2) is 23.5. The molecule has 0 radical (unpaired) electrons. The smallest absolute Gasteiger partial charge is 0.334 e. The van der Waals surface area contributed by atoms with Crippen LogP contribution in [0.2, 0.25) is 5.02 Å². The van der Waals surface area contributed by atoms with Gasteiger partial charge in [0.15, 0.2) is 6.10 Å². The summed E-state index contributed by atoms with van der Waals surface area (Å²) in [6, 6.07) is 3.41. The first-order valence-electron chi connectivity index (χ1n) is 21.2. The molecule has 1 aromatic carbocycles. The summed E-state index contributed by atoms with van der Waals surface area (Å²) in [5.74, 6) is -5.24. The van der Waals surface area contributed by atoms with Crippen LogP contribution in [0.4, 0.5) is 0 Å². The minimum atomic E-state index is -1.51. The molecule has 15 heteroatoms. The van der Waals surface area contributed by atoms with Gasteiger partial charge in [0.2, 0.25) is 23.6 Å². The van der Waals surface area contributed by atoms with Crippen LogP contribution >= 0.6 is 11.6 Å². The van der Waals surface area contributed by atoms with E-state index >= 15 is 0 Å². The fourth-order valence-corrected chi connectivity index (χ4v) is 6.95. The predicted octanol–water partition coefficient (Wildman–Crippen LogP) is 5.56. The molecule has 1 aliphatic rings. The van der Waals surface area contributed by atoms with Crippen molar-refractivity contribution in [2.24, 2.45) is 23.7 Å². The van der Waals surface area contributed by atoms with Gasteiger partial charge in [0.25, 0.3) is 5.91 Å². The van der Waals surface area contributed by atoms with Gasteiger partial charge in [-0.3, -0.25) is 24.0 Å². The molecule has 2 rings (SSSR count). The first-order valence-corrected chi connectivity index (χ1v) is 21.6. The van der Waals surface area contributed by atoms with Crippen LogP contribution < -0.4 is 16.0 Å². The maximum atomic E-state index is 14.2. The van der Waals surface area contributed by atoms with Gasteiger partial charge >= 0.3 is 11.9 Å². The minimum Gasteiger partial charge on any atom is -0.456 e. The van der Waals surface area contributed by atoms with Crippen LogP contribution in [-0.4, -0.2) is 108 Å². The third-order valence-corrected chi connectivity index (χ3v) is 11.8. The number of nitrogens with one attached hydrogen (secondary N) is 3. The van der Waals surface area contributed by atoms with Crippen molar-refractivity contribution >= 4 is 53.1 Å². The van der Waals surface area contributed by atoms with Crippen LogP contribution in [0.15, 0.2) is 47.6 Å². The highest BCUT2D eigenvalue weighted by Crippen LogP contribution is 2.28. The molecule has 1 unspecified atom stereocenters. The largest absolute Gasteiger partial charge is 0.456 e. The highest BCUT2D eigenvalue weighted by atomic mass is 35.5. The quantitative estimate of drug-likeness (QED) is 0.234. The average molecular weight is 873 g/mol. The number of hydrogen-bond acceptors (Lipinski definition) is 9. The van der Waals surface area contributed by atoms with Gasteiger partial charge in [-0.25, -0.2) is 9.59 Å². The number of carbonyl (C=O) groups is 7. The van der Waals surface area contributed by atoms with Crippen molar-refractivity contribution in [1.29, 1.82) is 0 Å².